The maximum absolute atomic E-state index is 11.8. The molecule has 0 radical (unpaired) electrons. The minimum Gasteiger partial charge on any atom is -0.321 e. The van der Waals surface area contributed by atoms with Gasteiger partial charge in [-0.25, -0.2) is 0 Å². The number of carbonyl (C=O) groups excluding carboxylic acids is 1. The Hall–Kier alpha value is -1.13. The van der Waals surface area contributed by atoms with Crippen molar-refractivity contribution in [2.24, 2.45) is 0 Å². The Labute approximate surface area is 106 Å². The number of rotatable bonds is 2. The number of carbonyl (C=O) groups is 1. The Balaban J connectivity index is 2.22. The lowest BCUT2D eigenvalue weighted by Crippen LogP contribution is -2.11. The molecule has 0 bridgehead atoms. The van der Waals surface area contributed by atoms with Crippen molar-refractivity contribution in [1.82, 2.24) is 0 Å². The minimum atomic E-state index is -0.0591. The monoisotopic (exact) mass is 295 g/mol. The predicted molar refractivity (Wildman–Crippen MR) is 71.2 cm³/mol. The number of benzene rings is 1. The van der Waals surface area contributed by atoms with Crippen LogP contribution in [0.25, 0.3) is 0 Å². The van der Waals surface area contributed by atoms with Crippen molar-refractivity contribution < 1.29 is 4.79 Å². The van der Waals surface area contributed by atoms with Gasteiger partial charge in [0.1, 0.15) is 0 Å². The average Bonchev–Trinajstić information content (AvgIpc) is 2.78. The summed E-state index contributed by atoms with van der Waals surface area (Å²) in [7, 11) is 0. The molecule has 0 aliphatic rings. The van der Waals surface area contributed by atoms with Gasteiger partial charge in [-0.1, -0.05) is 28.1 Å². The van der Waals surface area contributed by atoms with Crippen LogP contribution >= 0.6 is 27.3 Å². The van der Waals surface area contributed by atoms with Crippen LogP contribution in [0.3, 0.4) is 0 Å². The SMILES string of the molecule is Cc1c(Br)cccc1NC(=O)c1cccs1. The van der Waals surface area contributed by atoms with E-state index in [2.05, 4.69) is 21.2 Å². The van der Waals surface area contributed by atoms with Crippen molar-refractivity contribution in [3.05, 3.63) is 50.6 Å². The van der Waals surface area contributed by atoms with Crippen LogP contribution in [0.15, 0.2) is 40.2 Å². The molecular formula is C12H10BrNOS. The first kappa shape index (κ1) is 11.4. The van der Waals surface area contributed by atoms with Gasteiger partial charge in [-0.15, -0.1) is 11.3 Å². The summed E-state index contributed by atoms with van der Waals surface area (Å²) >= 11 is 4.87. The molecule has 0 atom stereocenters. The molecule has 0 saturated heterocycles. The highest BCUT2D eigenvalue weighted by Gasteiger charge is 2.09. The van der Waals surface area contributed by atoms with E-state index >= 15 is 0 Å². The summed E-state index contributed by atoms with van der Waals surface area (Å²) in [5.41, 5.74) is 1.88. The van der Waals surface area contributed by atoms with Crippen LogP contribution in [0.5, 0.6) is 0 Å². The molecule has 1 N–H and O–H groups in total. The predicted octanol–water partition coefficient (Wildman–Crippen LogP) is 4.07. The van der Waals surface area contributed by atoms with Crippen molar-refractivity contribution in [2.45, 2.75) is 6.92 Å². The number of amides is 1. The largest absolute Gasteiger partial charge is 0.321 e. The van der Waals surface area contributed by atoms with Crippen molar-refractivity contribution in [1.29, 1.82) is 0 Å². The van der Waals surface area contributed by atoms with E-state index < -0.39 is 0 Å². The van der Waals surface area contributed by atoms with Gasteiger partial charge in [-0.2, -0.15) is 0 Å². The van der Waals surface area contributed by atoms with Crippen molar-refractivity contribution in [3.8, 4) is 0 Å². The van der Waals surface area contributed by atoms with Crippen molar-refractivity contribution >= 4 is 38.9 Å². The summed E-state index contributed by atoms with van der Waals surface area (Å²) in [6.07, 6.45) is 0. The lowest BCUT2D eigenvalue weighted by Gasteiger charge is -2.08. The highest BCUT2D eigenvalue weighted by molar-refractivity contribution is 9.10. The summed E-state index contributed by atoms with van der Waals surface area (Å²) in [4.78, 5) is 12.5. The maximum Gasteiger partial charge on any atom is 0.265 e. The molecule has 0 aliphatic heterocycles. The quantitative estimate of drug-likeness (QED) is 0.889. The maximum atomic E-state index is 11.8. The number of anilines is 1. The fourth-order valence-corrected chi connectivity index (χ4v) is 2.32. The van der Waals surface area contributed by atoms with Gasteiger partial charge in [0.25, 0.3) is 5.91 Å². The van der Waals surface area contributed by atoms with E-state index in [1.54, 1.807) is 0 Å². The Morgan fingerprint density at radius 2 is 2.12 bits per heavy atom. The molecule has 82 valence electrons. The Morgan fingerprint density at radius 3 is 2.81 bits per heavy atom. The number of thiophene rings is 1. The smallest absolute Gasteiger partial charge is 0.265 e. The third-order valence-electron chi connectivity index (χ3n) is 2.26. The summed E-state index contributed by atoms with van der Waals surface area (Å²) in [6, 6.07) is 9.43. The van der Waals surface area contributed by atoms with Crippen LogP contribution in [0, 0.1) is 6.92 Å². The third kappa shape index (κ3) is 2.33. The average molecular weight is 296 g/mol. The lowest BCUT2D eigenvalue weighted by atomic mass is 10.2. The van der Waals surface area contributed by atoms with E-state index in [0.29, 0.717) is 0 Å². The van der Waals surface area contributed by atoms with E-state index in [1.165, 1.54) is 11.3 Å². The second-order valence-corrected chi connectivity index (χ2v) is 5.15. The first-order valence-electron chi connectivity index (χ1n) is 4.78. The molecule has 2 rings (SSSR count). The van der Waals surface area contributed by atoms with Crippen LogP contribution in [0.4, 0.5) is 5.69 Å². The van der Waals surface area contributed by atoms with Gasteiger partial charge >= 0.3 is 0 Å². The fourth-order valence-electron chi connectivity index (χ4n) is 1.33. The van der Waals surface area contributed by atoms with E-state index in [4.69, 9.17) is 0 Å². The summed E-state index contributed by atoms with van der Waals surface area (Å²) in [5.74, 6) is -0.0591. The Kier molecular flexibility index (Phi) is 3.41. The van der Waals surface area contributed by atoms with E-state index in [-0.39, 0.29) is 5.91 Å². The molecule has 2 aromatic rings. The normalized spacial score (nSPS) is 10.1. The van der Waals surface area contributed by atoms with Crippen molar-refractivity contribution in [3.63, 3.8) is 0 Å². The number of hydrogen-bond acceptors (Lipinski definition) is 2. The van der Waals surface area contributed by atoms with Gasteiger partial charge in [-0.05, 0) is 36.1 Å². The molecule has 0 unspecified atom stereocenters. The molecule has 0 aliphatic carbocycles. The van der Waals surface area contributed by atoms with Gasteiger partial charge in [0.05, 0.1) is 4.88 Å². The van der Waals surface area contributed by atoms with Crippen LogP contribution in [-0.4, -0.2) is 5.91 Å². The van der Waals surface area contributed by atoms with Crippen LogP contribution < -0.4 is 5.32 Å². The van der Waals surface area contributed by atoms with Crippen LogP contribution in [0.2, 0.25) is 0 Å². The standard InChI is InChI=1S/C12H10BrNOS/c1-8-9(13)4-2-5-10(8)14-12(15)11-6-3-7-16-11/h2-7H,1H3,(H,14,15). The van der Waals surface area contributed by atoms with E-state index in [0.717, 1.165) is 20.6 Å². The zero-order valence-corrected chi connectivity index (χ0v) is 11.1. The van der Waals surface area contributed by atoms with Crippen LogP contribution in [0.1, 0.15) is 15.2 Å². The van der Waals surface area contributed by atoms with Crippen LogP contribution in [-0.2, 0) is 0 Å². The van der Waals surface area contributed by atoms with Gasteiger partial charge in [0.2, 0.25) is 0 Å². The van der Waals surface area contributed by atoms with Gasteiger partial charge in [-0.3, -0.25) is 4.79 Å². The molecule has 1 amide bonds. The highest BCUT2D eigenvalue weighted by Crippen LogP contribution is 2.24. The van der Waals surface area contributed by atoms with E-state index in [1.807, 2.05) is 42.6 Å². The molecule has 1 aromatic carbocycles. The number of halogens is 1. The molecule has 1 heterocycles. The van der Waals surface area contributed by atoms with E-state index in [9.17, 15) is 4.79 Å². The second-order valence-electron chi connectivity index (χ2n) is 3.34. The molecule has 0 saturated carbocycles. The molecule has 0 spiro atoms. The molecule has 2 nitrogen and oxygen atoms in total. The van der Waals surface area contributed by atoms with Gasteiger partial charge in [0, 0.05) is 10.2 Å². The molecule has 4 heteroatoms. The minimum absolute atomic E-state index is 0.0591. The van der Waals surface area contributed by atoms with Gasteiger partial charge in [0.15, 0.2) is 0 Å². The summed E-state index contributed by atoms with van der Waals surface area (Å²) in [6.45, 7) is 1.97. The highest BCUT2D eigenvalue weighted by atomic mass is 79.9. The summed E-state index contributed by atoms with van der Waals surface area (Å²) < 4.78 is 0.997. The number of hydrogen-bond donors (Lipinski definition) is 1. The Morgan fingerprint density at radius 1 is 1.31 bits per heavy atom. The zero-order chi connectivity index (χ0) is 11.5. The summed E-state index contributed by atoms with van der Waals surface area (Å²) in [5, 5.41) is 4.79. The number of nitrogens with one attached hydrogen (secondary N) is 1. The first-order chi connectivity index (χ1) is 7.68. The fraction of sp³-hybridized carbons (Fsp3) is 0.0833. The second kappa shape index (κ2) is 4.80. The third-order valence-corrected chi connectivity index (χ3v) is 3.99. The molecule has 1 aromatic heterocycles. The Bertz CT molecular complexity index is 508. The lowest BCUT2D eigenvalue weighted by molar-refractivity contribution is 0.103. The topological polar surface area (TPSA) is 29.1 Å². The van der Waals surface area contributed by atoms with Gasteiger partial charge < -0.3 is 5.32 Å². The van der Waals surface area contributed by atoms with Crippen molar-refractivity contribution in [2.75, 3.05) is 5.32 Å². The molecular weight excluding hydrogens is 286 g/mol. The molecule has 0 fully saturated rings. The molecule has 16 heavy (non-hydrogen) atoms. The first-order valence-corrected chi connectivity index (χ1v) is 6.45. The zero-order valence-electron chi connectivity index (χ0n) is 8.66.